The van der Waals surface area contributed by atoms with Crippen molar-refractivity contribution in [3.8, 4) is 0 Å². The third-order valence-corrected chi connectivity index (χ3v) is 12.2. The van der Waals surface area contributed by atoms with Gasteiger partial charge < -0.3 is 4.43 Å². The molecule has 4 aromatic rings. The molecule has 0 aliphatic rings. The Hall–Kier alpha value is -2.75. The van der Waals surface area contributed by atoms with Gasteiger partial charge in [-0.1, -0.05) is 103 Å². The van der Waals surface area contributed by atoms with Crippen LogP contribution < -0.4 is 10.4 Å². The summed E-state index contributed by atoms with van der Waals surface area (Å²) in [6.07, 6.45) is 2.31. The summed E-state index contributed by atoms with van der Waals surface area (Å²) < 4.78 is 57.9. The number of hydrogen-bond donors (Lipinski definition) is 0. The van der Waals surface area contributed by atoms with Gasteiger partial charge >= 0.3 is 0 Å². The first kappa shape index (κ1) is 30.2. The maximum absolute atomic E-state index is 14.0. The molecule has 0 heterocycles. The van der Waals surface area contributed by atoms with E-state index < -0.39 is 34.0 Å². The monoisotopic (exact) mass is 611 g/mol. The number of benzene rings is 4. The summed E-state index contributed by atoms with van der Waals surface area (Å²) in [6, 6.07) is 33.8. The van der Waals surface area contributed by atoms with Gasteiger partial charge in [-0.15, -0.1) is 0 Å². The van der Waals surface area contributed by atoms with E-state index in [4.69, 9.17) is 16.0 Å². The fourth-order valence-electron chi connectivity index (χ4n) is 4.60. The van der Waals surface area contributed by atoms with E-state index in [2.05, 4.69) is 24.3 Å². The van der Waals surface area contributed by atoms with Crippen LogP contribution >= 0.6 is 11.6 Å². The zero-order chi connectivity index (χ0) is 28.6. The van der Waals surface area contributed by atoms with E-state index in [-0.39, 0.29) is 23.7 Å². The smallest absolute Gasteiger partial charge is 0.283 e. The Balaban J connectivity index is 1.67. The van der Waals surface area contributed by atoms with Crippen molar-refractivity contribution in [1.29, 1.82) is 0 Å². The highest BCUT2D eigenvalue weighted by Crippen LogP contribution is 2.36. The molecular weight excluding hydrogens is 580 g/mol. The van der Waals surface area contributed by atoms with Gasteiger partial charge in [-0.05, 0) is 58.6 Å². The topological polar surface area (TPSA) is 77.5 Å². The van der Waals surface area contributed by atoms with Crippen molar-refractivity contribution >= 4 is 50.7 Å². The molecular formula is C31H32ClO5S2Si. The molecule has 40 heavy (non-hydrogen) atoms. The van der Waals surface area contributed by atoms with Crippen LogP contribution in [0.5, 0.6) is 0 Å². The van der Waals surface area contributed by atoms with Crippen molar-refractivity contribution in [2.75, 3.05) is 12.0 Å². The van der Waals surface area contributed by atoms with Gasteiger partial charge in [0.15, 0.2) is 9.84 Å². The molecule has 4 rings (SSSR count). The first-order valence-electron chi connectivity index (χ1n) is 13.0. The second-order valence-electron chi connectivity index (χ2n) is 9.66. The quantitative estimate of drug-likeness (QED) is 0.150. The molecule has 209 valence electrons. The summed E-state index contributed by atoms with van der Waals surface area (Å²) in [7, 11) is -8.54. The number of halogens is 1. The van der Waals surface area contributed by atoms with Crippen LogP contribution in [-0.2, 0) is 30.7 Å². The van der Waals surface area contributed by atoms with Crippen LogP contribution in [-0.4, -0.2) is 37.9 Å². The molecule has 0 aromatic heterocycles. The second-order valence-corrected chi connectivity index (χ2v) is 16.6. The van der Waals surface area contributed by atoms with Crippen LogP contribution in [0, 0.1) is 0 Å². The van der Waals surface area contributed by atoms with Crippen LogP contribution in [0.4, 0.5) is 0 Å². The van der Waals surface area contributed by atoms with E-state index in [0.29, 0.717) is 23.4 Å². The lowest BCUT2D eigenvalue weighted by atomic mass is 10.0. The highest BCUT2D eigenvalue weighted by Gasteiger charge is 2.31. The first-order valence-corrected chi connectivity index (χ1v) is 18.4. The molecule has 1 radical (unpaired) electrons. The molecule has 0 spiro atoms. The Labute approximate surface area is 244 Å². The van der Waals surface area contributed by atoms with E-state index in [1.54, 1.807) is 12.1 Å². The lowest BCUT2D eigenvalue weighted by Crippen LogP contribution is -2.44. The molecule has 0 aliphatic carbocycles. The number of hydrogen-bond acceptors (Lipinski definition) is 5. The Kier molecular flexibility index (Phi) is 10.4. The van der Waals surface area contributed by atoms with Gasteiger partial charge in [-0.25, -0.2) is 16.8 Å². The highest BCUT2D eigenvalue weighted by atomic mass is 35.5. The van der Waals surface area contributed by atoms with E-state index in [0.717, 1.165) is 15.9 Å². The normalized spacial score (nSPS) is 12.9. The Morgan fingerprint density at radius 3 is 1.85 bits per heavy atom. The predicted octanol–water partition coefficient (Wildman–Crippen LogP) is 5.39. The van der Waals surface area contributed by atoms with Crippen molar-refractivity contribution in [3.05, 3.63) is 125 Å². The Bertz CT molecular complexity index is 1560. The maximum Gasteiger partial charge on any atom is 0.283 e. The SMILES string of the molecule is CS(=O)(=O)CCCCC(c1ccccc1CO[Si](c1ccccc1)c1ccccc1)S(=O)(=O)c1ccc(Cl)cc1. The first-order chi connectivity index (χ1) is 19.1. The average molecular weight is 612 g/mol. The summed E-state index contributed by atoms with van der Waals surface area (Å²) in [5.41, 5.74) is 1.46. The molecule has 0 N–H and O–H groups in total. The summed E-state index contributed by atoms with van der Waals surface area (Å²) in [4.78, 5) is 0.180. The average Bonchev–Trinajstić information content (AvgIpc) is 2.94. The lowest BCUT2D eigenvalue weighted by Gasteiger charge is -2.23. The Morgan fingerprint density at radius 2 is 1.27 bits per heavy atom. The Morgan fingerprint density at radius 1 is 0.725 bits per heavy atom. The maximum atomic E-state index is 14.0. The van der Waals surface area contributed by atoms with Crippen LogP contribution in [0.15, 0.2) is 114 Å². The van der Waals surface area contributed by atoms with Crippen LogP contribution in [0.1, 0.15) is 35.6 Å². The molecule has 0 saturated carbocycles. The van der Waals surface area contributed by atoms with E-state index >= 15 is 0 Å². The number of unbranched alkanes of at least 4 members (excludes halogenated alkanes) is 1. The number of rotatable bonds is 13. The van der Waals surface area contributed by atoms with Crippen molar-refractivity contribution < 1.29 is 21.3 Å². The molecule has 9 heteroatoms. The van der Waals surface area contributed by atoms with E-state index in [9.17, 15) is 16.8 Å². The minimum atomic E-state index is -3.81. The van der Waals surface area contributed by atoms with Gasteiger partial charge in [0.05, 0.1) is 16.8 Å². The molecule has 5 nitrogen and oxygen atoms in total. The van der Waals surface area contributed by atoms with Gasteiger partial charge in [0.2, 0.25) is 0 Å². The second kappa shape index (κ2) is 13.7. The lowest BCUT2D eigenvalue weighted by molar-refractivity contribution is 0.320. The fraction of sp³-hybridized carbons (Fsp3) is 0.226. The van der Waals surface area contributed by atoms with E-state index in [1.807, 2.05) is 60.7 Å². The van der Waals surface area contributed by atoms with Crippen molar-refractivity contribution in [2.45, 2.75) is 36.0 Å². The third kappa shape index (κ3) is 8.14. The third-order valence-electron chi connectivity index (χ3n) is 6.59. The van der Waals surface area contributed by atoms with Gasteiger partial charge in [0.25, 0.3) is 9.04 Å². The van der Waals surface area contributed by atoms with Crippen molar-refractivity contribution in [3.63, 3.8) is 0 Å². The minimum absolute atomic E-state index is 0.0193. The zero-order valence-electron chi connectivity index (χ0n) is 22.2. The molecule has 0 fully saturated rings. The van der Waals surface area contributed by atoms with Crippen LogP contribution in [0.2, 0.25) is 5.02 Å². The summed E-state index contributed by atoms with van der Waals surface area (Å²) in [5, 5.41) is 1.79. The van der Waals surface area contributed by atoms with Gasteiger partial charge in [0.1, 0.15) is 9.84 Å². The number of sulfone groups is 2. The molecule has 0 bridgehead atoms. The predicted molar refractivity (Wildman–Crippen MR) is 164 cm³/mol. The zero-order valence-corrected chi connectivity index (χ0v) is 25.6. The summed E-state index contributed by atoms with van der Waals surface area (Å²) in [5.74, 6) is 0.0193. The molecule has 4 aromatic carbocycles. The van der Waals surface area contributed by atoms with Gasteiger partial charge in [-0.3, -0.25) is 0 Å². The van der Waals surface area contributed by atoms with Gasteiger partial charge in [0, 0.05) is 17.0 Å². The van der Waals surface area contributed by atoms with Crippen molar-refractivity contribution in [2.24, 2.45) is 0 Å². The fourth-order valence-corrected chi connectivity index (χ4v) is 9.30. The molecule has 0 saturated heterocycles. The largest absolute Gasteiger partial charge is 0.403 e. The van der Waals surface area contributed by atoms with Crippen LogP contribution in [0.3, 0.4) is 0 Å². The minimum Gasteiger partial charge on any atom is -0.403 e. The summed E-state index contributed by atoms with van der Waals surface area (Å²) >= 11 is 6.04. The standard InChI is InChI=1S/C31H32ClO5S2Si/c1-38(33,34)23-11-10-18-31(39(35,36)27-21-19-26(32)20-22-27)30-17-9-8-12-25(30)24-37-40(28-13-4-2-5-14-28)29-15-6-3-7-16-29/h2-9,12-17,19-22,31H,10-11,18,23-24H2,1H3. The molecule has 1 unspecified atom stereocenters. The van der Waals surface area contributed by atoms with Crippen molar-refractivity contribution in [1.82, 2.24) is 0 Å². The molecule has 1 atom stereocenters. The molecule has 0 amide bonds. The summed E-state index contributed by atoms with van der Waals surface area (Å²) in [6.45, 7) is 0.240. The highest BCUT2D eigenvalue weighted by molar-refractivity contribution is 7.91. The molecule has 0 aliphatic heterocycles. The van der Waals surface area contributed by atoms with Gasteiger partial charge in [-0.2, -0.15) is 0 Å². The van der Waals surface area contributed by atoms with Crippen LogP contribution in [0.25, 0.3) is 0 Å². The van der Waals surface area contributed by atoms with E-state index in [1.165, 1.54) is 18.4 Å².